The fourth-order valence-electron chi connectivity index (χ4n) is 2.49. The third-order valence-electron chi connectivity index (χ3n) is 3.73. The Labute approximate surface area is 154 Å². The van der Waals surface area contributed by atoms with Crippen LogP contribution in [0.5, 0.6) is 11.6 Å². The fraction of sp³-hybridized carbons (Fsp3) is 0.368. The van der Waals surface area contributed by atoms with Crippen LogP contribution in [-0.4, -0.2) is 24.3 Å². The van der Waals surface area contributed by atoms with Crippen LogP contribution < -0.4 is 20.1 Å². The van der Waals surface area contributed by atoms with Crippen LogP contribution >= 0.6 is 12.2 Å². The Morgan fingerprint density at radius 2 is 1.80 bits per heavy atom. The van der Waals surface area contributed by atoms with Crippen LogP contribution in [0.25, 0.3) is 0 Å². The van der Waals surface area contributed by atoms with Crippen molar-refractivity contribution < 1.29 is 9.47 Å². The number of aromatic nitrogens is 1. The lowest BCUT2D eigenvalue weighted by Crippen LogP contribution is -2.33. The van der Waals surface area contributed by atoms with E-state index in [1.165, 1.54) is 5.56 Å². The maximum absolute atomic E-state index is 5.47. The molecule has 0 fully saturated rings. The topological polar surface area (TPSA) is 55.4 Å². The zero-order chi connectivity index (χ0) is 18.2. The number of methoxy groups -OCH3 is 2. The van der Waals surface area contributed by atoms with E-state index in [0.29, 0.717) is 16.9 Å². The number of anilines is 1. The summed E-state index contributed by atoms with van der Waals surface area (Å²) in [5.74, 6) is 1.95. The number of benzene rings is 1. The van der Waals surface area contributed by atoms with Crippen molar-refractivity contribution in [1.29, 1.82) is 0 Å². The summed E-state index contributed by atoms with van der Waals surface area (Å²) in [6, 6.07) is 11.9. The van der Waals surface area contributed by atoms with Gasteiger partial charge in [0.05, 0.1) is 32.1 Å². The van der Waals surface area contributed by atoms with Gasteiger partial charge in [-0.05, 0) is 48.3 Å². The van der Waals surface area contributed by atoms with Crippen LogP contribution in [0, 0.1) is 5.92 Å². The molecule has 0 bridgehead atoms. The molecule has 0 unspecified atom stereocenters. The van der Waals surface area contributed by atoms with Crippen LogP contribution in [0.2, 0.25) is 0 Å². The smallest absolute Gasteiger partial charge is 0.213 e. The van der Waals surface area contributed by atoms with Gasteiger partial charge in [0.2, 0.25) is 5.88 Å². The average Bonchev–Trinajstić information content (AvgIpc) is 2.61. The number of pyridine rings is 1. The van der Waals surface area contributed by atoms with E-state index in [2.05, 4.69) is 41.6 Å². The van der Waals surface area contributed by atoms with Gasteiger partial charge in [0, 0.05) is 6.07 Å². The van der Waals surface area contributed by atoms with Crippen LogP contribution in [0.3, 0.4) is 0 Å². The Bertz CT molecular complexity index is 672. The monoisotopic (exact) mass is 359 g/mol. The summed E-state index contributed by atoms with van der Waals surface area (Å²) in [5, 5.41) is 7.13. The molecule has 5 nitrogen and oxygen atoms in total. The van der Waals surface area contributed by atoms with Crippen LogP contribution in [-0.2, 0) is 0 Å². The van der Waals surface area contributed by atoms with Crippen molar-refractivity contribution in [3.63, 3.8) is 0 Å². The highest BCUT2D eigenvalue weighted by atomic mass is 32.1. The van der Waals surface area contributed by atoms with Gasteiger partial charge >= 0.3 is 0 Å². The minimum absolute atomic E-state index is 0.122. The summed E-state index contributed by atoms with van der Waals surface area (Å²) in [6.45, 7) is 4.39. The van der Waals surface area contributed by atoms with Gasteiger partial charge in [-0.2, -0.15) is 0 Å². The molecule has 1 atom stereocenters. The highest BCUT2D eigenvalue weighted by molar-refractivity contribution is 7.80. The molecule has 0 amide bonds. The molecule has 0 aliphatic rings. The number of rotatable bonds is 7. The lowest BCUT2D eigenvalue weighted by atomic mass is 9.97. The molecule has 1 aromatic carbocycles. The average molecular weight is 359 g/mol. The summed E-state index contributed by atoms with van der Waals surface area (Å²) in [6.07, 6.45) is 2.66. The summed E-state index contributed by atoms with van der Waals surface area (Å²) >= 11 is 5.47. The minimum Gasteiger partial charge on any atom is -0.497 e. The molecule has 6 heteroatoms. The van der Waals surface area contributed by atoms with Crippen LogP contribution in [0.15, 0.2) is 42.6 Å². The largest absolute Gasteiger partial charge is 0.497 e. The van der Waals surface area contributed by atoms with E-state index < -0.39 is 0 Å². The van der Waals surface area contributed by atoms with Crippen molar-refractivity contribution in [2.24, 2.45) is 5.92 Å². The molecule has 0 aliphatic heterocycles. The summed E-state index contributed by atoms with van der Waals surface area (Å²) in [5.41, 5.74) is 1.99. The van der Waals surface area contributed by atoms with Crippen LogP contribution in [0.4, 0.5) is 5.69 Å². The fourth-order valence-corrected chi connectivity index (χ4v) is 2.75. The van der Waals surface area contributed by atoms with Crippen molar-refractivity contribution in [2.45, 2.75) is 26.3 Å². The number of nitrogens with one attached hydrogen (secondary N) is 2. The third kappa shape index (κ3) is 5.90. The lowest BCUT2D eigenvalue weighted by Gasteiger charge is -2.23. The van der Waals surface area contributed by atoms with Gasteiger partial charge in [-0.1, -0.05) is 26.0 Å². The highest BCUT2D eigenvalue weighted by Crippen LogP contribution is 2.24. The van der Waals surface area contributed by atoms with Gasteiger partial charge in [-0.25, -0.2) is 4.98 Å². The van der Waals surface area contributed by atoms with Crippen LogP contribution in [0.1, 0.15) is 31.9 Å². The molecule has 2 rings (SSSR count). The Hall–Kier alpha value is -2.34. The maximum atomic E-state index is 5.47. The molecule has 2 aromatic rings. The second kappa shape index (κ2) is 9.22. The summed E-state index contributed by atoms with van der Waals surface area (Å²) in [4.78, 5) is 4.17. The van der Waals surface area contributed by atoms with E-state index in [9.17, 15) is 0 Å². The molecular formula is C19H25N3O2S. The normalized spacial score (nSPS) is 11.7. The Kier molecular flexibility index (Phi) is 7.01. The van der Waals surface area contributed by atoms with Gasteiger partial charge in [0.25, 0.3) is 0 Å². The lowest BCUT2D eigenvalue weighted by molar-refractivity contribution is 0.398. The Morgan fingerprint density at radius 3 is 2.32 bits per heavy atom. The number of nitrogens with zero attached hydrogens (tertiary/aromatic N) is 1. The second-order valence-corrected chi connectivity index (χ2v) is 6.55. The summed E-state index contributed by atoms with van der Waals surface area (Å²) < 4.78 is 10.3. The first-order valence-corrected chi connectivity index (χ1v) is 8.64. The van der Waals surface area contributed by atoms with Gasteiger partial charge in [0.15, 0.2) is 5.11 Å². The van der Waals surface area contributed by atoms with E-state index in [4.69, 9.17) is 21.7 Å². The second-order valence-electron chi connectivity index (χ2n) is 6.14. The van der Waals surface area contributed by atoms with E-state index in [0.717, 1.165) is 17.9 Å². The predicted octanol–water partition coefficient (Wildman–Crippen LogP) is 4.17. The van der Waals surface area contributed by atoms with Crippen molar-refractivity contribution >= 4 is 23.0 Å². The first-order valence-electron chi connectivity index (χ1n) is 8.23. The molecule has 25 heavy (non-hydrogen) atoms. The molecule has 0 saturated heterocycles. The van der Waals surface area contributed by atoms with Crippen molar-refractivity contribution in [2.75, 3.05) is 19.5 Å². The molecule has 0 saturated carbocycles. The van der Waals surface area contributed by atoms with E-state index >= 15 is 0 Å². The zero-order valence-electron chi connectivity index (χ0n) is 15.1. The molecular weight excluding hydrogens is 334 g/mol. The van der Waals surface area contributed by atoms with Gasteiger partial charge < -0.3 is 20.1 Å². The van der Waals surface area contributed by atoms with Crippen molar-refractivity contribution in [3.05, 3.63) is 48.2 Å². The number of thiocarbonyl (C=S) groups is 1. The quantitative estimate of drug-likeness (QED) is 0.724. The first-order chi connectivity index (χ1) is 12.0. The van der Waals surface area contributed by atoms with Gasteiger partial charge in [0.1, 0.15) is 5.75 Å². The van der Waals surface area contributed by atoms with Crippen molar-refractivity contribution in [3.8, 4) is 11.6 Å². The molecule has 1 aromatic heterocycles. The molecule has 1 heterocycles. The maximum Gasteiger partial charge on any atom is 0.213 e. The Morgan fingerprint density at radius 1 is 1.08 bits per heavy atom. The molecule has 2 N–H and O–H groups in total. The molecule has 0 radical (unpaired) electrons. The first kappa shape index (κ1) is 19.0. The molecule has 134 valence electrons. The molecule has 0 spiro atoms. The number of hydrogen-bond donors (Lipinski definition) is 2. The highest BCUT2D eigenvalue weighted by Gasteiger charge is 2.15. The SMILES string of the molecule is COc1ccc([C@H](CC(C)C)NC(=S)Nc2ccc(OC)nc2)cc1. The standard InChI is InChI=1S/C19H25N3O2S/c1-13(2)11-17(14-5-8-16(23-3)9-6-14)22-19(25)21-15-7-10-18(24-4)20-12-15/h5-10,12-13,17H,11H2,1-4H3,(H2,21,22,25)/t17-/m0/s1. The van der Waals surface area contributed by atoms with Crippen molar-refractivity contribution in [1.82, 2.24) is 10.3 Å². The van der Waals surface area contributed by atoms with E-state index in [1.54, 1.807) is 26.5 Å². The van der Waals surface area contributed by atoms with E-state index in [1.807, 2.05) is 18.2 Å². The predicted molar refractivity (Wildman–Crippen MR) is 105 cm³/mol. The van der Waals surface area contributed by atoms with E-state index in [-0.39, 0.29) is 6.04 Å². The molecule has 0 aliphatic carbocycles. The number of hydrogen-bond acceptors (Lipinski definition) is 4. The third-order valence-corrected chi connectivity index (χ3v) is 3.95. The summed E-state index contributed by atoms with van der Waals surface area (Å²) in [7, 11) is 3.26. The van der Waals surface area contributed by atoms with Gasteiger partial charge in [-0.3, -0.25) is 0 Å². The minimum atomic E-state index is 0.122. The van der Waals surface area contributed by atoms with Gasteiger partial charge in [-0.15, -0.1) is 0 Å². The Balaban J connectivity index is 2.05. The zero-order valence-corrected chi connectivity index (χ0v) is 15.9. The number of ether oxygens (including phenoxy) is 2.